The van der Waals surface area contributed by atoms with Gasteiger partial charge >= 0.3 is 24.0 Å². The predicted octanol–water partition coefficient (Wildman–Crippen LogP) is 2.54. The topological polar surface area (TPSA) is 37.3 Å². The van der Waals surface area contributed by atoms with E-state index in [1.807, 2.05) is 0 Å². The second kappa shape index (κ2) is 3.53. The van der Waals surface area contributed by atoms with E-state index in [9.17, 15) is 35.5 Å². The maximum absolute atomic E-state index is 12.8. The Morgan fingerprint density at radius 2 is 1.27 bits per heavy atom. The van der Waals surface area contributed by atoms with Gasteiger partial charge in [-0.1, -0.05) is 0 Å². The van der Waals surface area contributed by atoms with E-state index < -0.39 is 29.9 Å². The van der Waals surface area contributed by atoms with Gasteiger partial charge < -0.3 is 5.11 Å². The third-order valence-electron chi connectivity index (χ3n) is 1.79. The lowest BCUT2D eigenvalue weighted by molar-refractivity contribution is -0.354. The van der Waals surface area contributed by atoms with Crippen molar-refractivity contribution in [2.45, 2.75) is 24.9 Å². The Labute approximate surface area is 78.7 Å². The summed E-state index contributed by atoms with van der Waals surface area (Å²) in [6.07, 6.45) is -12.7. The van der Waals surface area contributed by atoms with Gasteiger partial charge in [0.1, 0.15) is 5.92 Å². The molecule has 0 saturated heterocycles. The second-order valence-corrected chi connectivity index (χ2v) is 2.77. The summed E-state index contributed by atoms with van der Waals surface area (Å²) in [5, 5.41) is 8.00. The summed E-state index contributed by atoms with van der Waals surface area (Å²) in [5.74, 6) is -5.79. The van der Waals surface area contributed by atoms with Crippen molar-refractivity contribution in [3.05, 3.63) is 0 Å². The van der Waals surface area contributed by atoms with Crippen LogP contribution in [0.5, 0.6) is 0 Å². The van der Waals surface area contributed by atoms with E-state index in [1.54, 1.807) is 0 Å². The quantitative estimate of drug-likeness (QED) is 0.755. The van der Waals surface area contributed by atoms with Crippen molar-refractivity contribution >= 4 is 5.97 Å². The van der Waals surface area contributed by atoms with Gasteiger partial charge in [-0.2, -0.15) is 26.3 Å². The van der Waals surface area contributed by atoms with Gasteiger partial charge in [0.05, 0.1) is 0 Å². The van der Waals surface area contributed by atoms with Crippen molar-refractivity contribution in [1.29, 1.82) is 0 Å². The van der Waals surface area contributed by atoms with Crippen molar-refractivity contribution in [2.75, 3.05) is 0 Å². The van der Waals surface area contributed by atoms with Gasteiger partial charge in [0.25, 0.3) is 0 Å². The highest BCUT2D eigenvalue weighted by Gasteiger charge is 2.76. The molecule has 2 nitrogen and oxygen atoms in total. The van der Waals surface area contributed by atoms with Crippen LogP contribution in [0.3, 0.4) is 0 Å². The first-order valence-electron chi connectivity index (χ1n) is 3.41. The molecular weight excluding hydrogens is 237 g/mol. The second-order valence-electron chi connectivity index (χ2n) is 2.77. The number of hydrogen-bond donors (Lipinski definition) is 1. The number of carbonyl (C=O) groups is 1. The lowest BCUT2D eigenvalue weighted by atomic mass is 9.89. The van der Waals surface area contributed by atoms with Gasteiger partial charge in [-0.3, -0.25) is 4.79 Å². The summed E-state index contributed by atoms with van der Waals surface area (Å²) >= 11 is 0. The summed E-state index contributed by atoms with van der Waals surface area (Å²) in [4.78, 5) is 10.00. The van der Waals surface area contributed by atoms with Crippen molar-refractivity contribution in [2.24, 2.45) is 5.92 Å². The van der Waals surface area contributed by atoms with E-state index in [0.29, 0.717) is 0 Å². The maximum Gasteiger partial charge on any atom is 0.432 e. The van der Waals surface area contributed by atoms with Crippen LogP contribution in [0.15, 0.2) is 0 Å². The standard InChI is InChI=1S/C6H5F7O2/c1-2(3(14)15)4(7,5(8,9)10)6(11,12)13/h2H,1H3,(H,14,15). The van der Waals surface area contributed by atoms with E-state index >= 15 is 0 Å². The molecule has 0 aliphatic heterocycles. The monoisotopic (exact) mass is 242 g/mol. The third kappa shape index (κ3) is 2.15. The molecule has 1 unspecified atom stereocenters. The molecule has 9 heteroatoms. The van der Waals surface area contributed by atoms with E-state index in [0.717, 1.165) is 0 Å². The molecule has 0 rings (SSSR count). The minimum absolute atomic E-state index is 0.00329. The molecular formula is C6H5F7O2. The Morgan fingerprint density at radius 3 is 1.33 bits per heavy atom. The summed E-state index contributed by atoms with van der Waals surface area (Å²) < 4.78 is 83.9. The third-order valence-corrected chi connectivity index (χ3v) is 1.79. The molecule has 90 valence electrons. The van der Waals surface area contributed by atoms with Crippen LogP contribution < -0.4 is 0 Å². The molecule has 0 aromatic heterocycles. The fourth-order valence-corrected chi connectivity index (χ4v) is 0.822. The highest BCUT2D eigenvalue weighted by atomic mass is 19.4. The van der Waals surface area contributed by atoms with Crippen LogP contribution in [0.25, 0.3) is 0 Å². The van der Waals surface area contributed by atoms with Crippen molar-refractivity contribution < 1.29 is 40.6 Å². The van der Waals surface area contributed by atoms with Crippen LogP contribution in [0.4, 0.5) is 30.7 Å². The summed E-state index contributed by atoms with van der Waals surface area (Å²) in [5.41, 5.74) is -5.74. The first-order chi connectivity index (χ1) is 6.35. The zero-order valence-corrected chi connectivity index (χ0v) is 7.08. The molecule has 15 heavy (non-hydrogen) atoms. The van der Waals surface area contributed by atoms with Gasteiger partial charge in [-0.15, -0.1) is 0 Å². The Balaban J connectivity index is 5.53. The molecule has 0 bridgehead atoms. The van der Waals surface area contributed by atoms with Crippen molar-refractivity contribution in [3.8, 4) is 0 Å². The highest BCUT2D eigenvalue weighted by molar-refractivity contribution is 5.71. The van der Waals surface area contributed by atoms with Crippen LogP contribution >= 0.6 is 0 Å². The van der Waals surface area contributed by atoms with Crippen molar-refractivity contribution in [1.82, 2.24) is 0 Å². The molecule has 0 saturated carbocycles. The fourth-order valence-electron chi connectivity index (χ4n) is 0.822. The first kappa shape index (κ1) is 14.0. The molecule has 0 aromatic rings. The number of aliphatic carboxylic acids is 1. The Morgan fingerprint density at radius 1 is 1.00 bits per heavy atom. The molecule has 0 aliphatic rings. The summed E-state index contributed by atoms with van der Waals surface area (Å²) in [7, 11) is 0. The van der Waals surface area contributed by atoms with Crippen LogP contribution in [-0.4, -0.2) is 29.1 Å². The number of halogens is 7. The van der Waals surface area contributed by atoms with Crippen molar-refractivity contribution in [3.63, 3.8) is 0 Å². The minimum atomic E-state index is -6.33. The van der Waals surface area contributed by atoms with E-state index in [4.69, 9.17) is 5.11 Å². The molecule has 1 atom stereocenters. The molecule has 0 fully saturated rings. The van der Waals surface area contributed by atoms with Gasteiger partial charge in [0.2, 0.25) is 0 Å². The molecule has 0 amide bonds. The lowest BCUT2D eigenvalue weighted by Crippen LogP contribution is -2.59. The van der Waals surface area contributed by atoms with Crippen LogP contribution in [0, 0.1) is 5.92 Å². The average molecular weight is 242 g/mol. The van der Waals surface area contributed by atoms with Gasteiger partial charge in [-0.25, -0.2) is 4.39 Å². The first-order valence-corrected chi connectivity index (χ1v) is 3.41. The largest absolute Gasteiger partial charge is 0.481 e. The zero-order valence-electron chi connectivity index (χ0n) is 7.08. The van der Waals surface area contributed by atoms with Crippen LogP contribution in [0.1, 0.15) is 6.92 Å². The molecule has 1 N–H and O–H groups in total. The van der Waals surface area contributed by atoms with Crippen LogP contribution in [-0.2, 0) is 4.79 Å². The smallest absolute Gasteiger partial charge is 0.432 e. The van der Waals surface area contributed by atoms with E-state index in [2.05, 4.69) is 0 Å². The van der Waals surface area contributed by atoms with Gasteiger partial charge in [-0.05, 0) is 6.92 Å². The molecule has 0 spiro atoms. The fraction of sp³-hybridized carbons (Fsp3) is 0.833. The predicted molar refractivity (Wildman–Crippen MR) is 32.7 cm³/mol. The SMILES string of the molecule is CC(C(=O)O)C(F)(C(F)(F)F)C(F)(F)F. The number of alkyl halides is 7. The van der Waals surface area contributed by atoms with E-state index in [-0.39, 0.29) is 6.92 Å². The number of carboxylic acid groups (broad SMARTS) is 1. The van der Waals surface area contributed by atoms with Gasteiger partial charge in [0.15, 0.2) is 0 Å². The number of carboxylic acids is 1. The zero-order chi connectivity index (χ0) is 12.7. The summed E-state index contributed by atoms with van der Waals surface area (Å²) in [6, 6.07) is 0. The van der Waals surface area contributed by atoms with Gasteiger partial charge in [0, 0.05) is 0 Å². The minimum Gasteiger partial charge on any atom is -0.481 e. The van der Waals surface area contributed by atoms with E-state index in [1.165, 1.54) is 0 Å². The number of rotatable bonds is 2. The molecule has 0 heterocycles. The molecule has 0 aliphatic carbocycles. The average Bonchev–Trinajstić information content (AvgIpc) is 1.96. The lowest BCUT2D eigenvalue weighted by Gasteiger charge is -2.32. The summed E-state index contributed by atoms with van der Waals surface area (Å²) in [6.45, 7) is 0.00329. The Bertz CT molecular complexity index is 239. The Kier molecular flexibility index (Phi) is 3.29. The molecule has 0 radical (unpaired) electrons. The van der Waals surface area contributed by atoms with Crippen LogP contribution in [0.2, 0.25) is 0 Å². The molecule has 0 aromatic carbocycles. The normalized spacial score (nSPS) is 16.3. The maximum atomic E-state index is 12.8. The highest BCUT2D eigenvalue weighted by Crippen LogP contribution is 2.50. The number of hydrogen-bond acceptors (Lipinski definition) is 1. The Hall–Kier alpha value is -1.02.